The second-order valence-electron chi connectivity index (χ2n) is 4.04. The van der Waals surface area contributed by atoms with Crippen LogP contribution in [-0.4, -0.2) is 5.91 Å². The van der Waals surface area contributed by atoms with Gasteiger partial charge in [0.25, 0.3) is 5.91 Å². The highest BCUT2D eigenvalue weighted by atomic mass is 79.9. The summed E-state index contributed by atoms with van der Waals surface area (Å²) in [4.78, 5) is 12.0. The molecular weight excluding hydrogens is 316 g/mol. The molecular formula is C16H11BrN2O. The largest absolute Gasteiger partial charge is 0.321 e. The molecule has 0 fully saturated rings. The number of hydrogen-bond donors (Lipinski definition) is 1. The zero-order valence-corrected chi connectivity index (χ0v) is 12.1. The van der Waals surface area contributed by atoms with Crippen molar-refractivity contribution in [3.63, 3.8) is 0 Å². The van der Waals surface area contributed by atoms with Crippen molar-refractivity contribution in [1.29, 1.82) is 5.26 Å². The lowest BCUT2D eigenvalue weighted by Crippen LogP contribution is -2.13. The highest BCUT2D eigenvalue weighted by molar-refractivity contribution is 9.10. The minimum absolute atomic E-state index is 0.0686. The molecule has 0 atom stereocenters. The summed E-state index contributed by atoms with van der Waals surface area (Å²) in [5.74, 6) is -0.418. The minimum Gasteiger partial charge on any atom is -0.321 e. The minimum atomic E-state index is -0.418. The lowest BCUT2D eigenvalue weighted by molar-refractivity contribution is -0.112. The van der Waals surface area contributed by atoms with Gasteiger partial charge in [-0.25, -0.2) is 0 Å². The molecule has 0 aliphatic heterocycles. The van der Waals surface area contributed by atoms with Gasteiger partial charge in [-0.15, -0.1) is 0 Å². The molecule has 0 aliphatic carbocycles. The van der Waals surface area contributed by atoms with Crippen LogP contribution in [-0.2, 0) is 4.79 Å². The van der Waals surface area contributed by atoms with E-state index in [1.807, 2.05) is 48.5 Å². The Labute approximate surface area is 125 Å². The van der Waals surface area contributed by atoms with Crippen LogP contribution in [0.5, 0.6) is 0 Å². The van der Waals surface area contributed by atoms with Crippen molar-refractivity contribution < 1.29 is 4.79 Å². The van der Waals surface area contributed by atoms with Gasteiger partial charge in [0.15, 0.2) is 0 Å². The molecule has 2 rings (SSSR count). The van der Waals surface area contributed by atoms with Gasteiger partial charge in [0, 0.05) is 10.2 Å². The molecule has 0 saturated heterocycles. The number of carbonyl (C=O) groups excluding carboxylic acids is 1. The number of nitriles is 1. The van der Waals surface area contributed by atoms with E-state index in [1.165, 1.54) is 0 Å². The fourth-order valence-electron chi connectivity index (χ4n) is 1.60. The van der Waals surface area contributed by atoms with E-state index in [-0.39, 0.29) is 5.57 Å². The first-order valence-corrected chi connectivity index (χ1v) is 6.72. The monoisotopic (exact) mass is 326 g/mol. The average Bonchev–Trinajstić information content (AvgIpc) is 2.48. The van der Waals surface area contributed by atoms with Crippen molar-refractivity contribution in [1.82, 2.24) is 0 Å². The van der Waals surface area contributed by atoms with E-state index in [0.717, 1.165) is 10.0 Å². The first-order chi connectivity index (χ1) is 9.69. The standard InChI is InChI=1S/C16H11BrN2O/c17-14-6-8-15(9-7-14)19-16(20)13(11-18)10-12-4-2-1-3-5-12/h1-10H,(H,19,20)/b13-10-. The van der Waals surface area contributed by atoms with Gasteiger partial charge in [0.2, 0.25) is 0 Å². The number of carbonyl (C=O) groups is 1. The summed E-state index contributed by atoms with van der Waals surface area (Å²) in [7, 11) is 0. The van der Waals surface area contributed by atoms with Crippen molar-refractivity contribution in [2.75, 3.05) is 5.32 Å². The summed E-state index contributed by atoms with van der Waals surface area (Å²) in [5.41, 5.74) is 1.53. The zero-order valence-electron chi connectivity index (χ0n) is 10.5. The van der Waals surface area contributed by atoms with Gasteiger partial charge in [-0.3, -0.25) is 4.79 Å². The number of nitrogens with one attached hydrogen (secondary N) is 1. The Hall–Kier alpha value is -2.38. The number of hydrogen-bond acceptors (Lipinski definition) is 2. The summed E-state index contributed by atoms with van der Waals surface area (Å²) in [6, 6.07) is 18.4. The number of rotatable bonds is 3. The van der Waals surface area contributed by atoms with Gasteiger partial charge in [0.05, 0.1) is 0 Å². The van der Waals surface area contributed by atoms with E-state index >= 15 is 0 Å². The molecule has 0 aliphatic rings. The van der Waals surface area contributed by atoms with Crippen LogP contribution < -0.4 is 5.32 Å². The van der Waals surface area contributed by atoms with Crippen LogP contribution >= 0.6 is 15.9 Å². The highest BCUT2D eigenvalue weighted by Crippen LogP contribution is 2.15. The third-order valence-corrected chi connectivity index (χ3v) is 3.11. The molecule has 0 radical (unpaired) electrons. The Morgan fingerprint density at radius 3 is 2.35 bits per heavy atom. The van der Waals surface area contributed by atoms with Crippen molar-refractivity contribution in [3.05, 3.63) is 70.2 Å². The van der Waals surface area contributed by atoms with Crippen LogP contribution in [0.15, 0.2) is 64.6 Å². The predicted molar refractivity (Wildman–Crippen MR) is 82.8 cm³/mol. The van der Waals surface area contributed by atoms with Crippen LogP contribution in [0.1, 0.15) is 5.56 Å². The molecule has 0 spiro atoms. The summed E-state index contributed by atoms with van der Waals surface area (Å²) < 4.78 is 0.927. The van der Waals surface area contributed by atoms with Gasteiger partial charge in [0.1, 0.15) is 11.6 Å². The maximum Gasteiger partial charge on any atom is 0.266 e. The summed E-state index contributed by atoms with van der Waals surface area (Å²) in [5, 5.41) is 11.8. The second-order valence-corrected chi connectivity index (χ2v) is 4.96. The maximum absolute atomic E-state index is 12.0. The average molecular weight is 327 g/mol. The Bertz CT molecular complexity index is 670. The predicted octanol–water partition coefficient (Wildman–Crippen LogP) is 3.99. The first kappa shape index (κ1) is 14.0. The Morgan fingerprint density at radius 1 is 1.10 bits per heavy atom. The zero-order chi connectivity index (χ0) is 14.4. The van der Waals surface area contributed by atoms with Crippen molar-refractivity contribution in [3.8, 4) is 6.07 Å². The van der Waals surface area contributed by atoms with Crippen LogP contribution in [0.25, 0.3) is 6.08 Å². The number of halogens is 1. The number of anilines is 1. The summed E-state index contributed by atoms with van der Waals surface area (Å²) in [6.45, 7) is 0. The van der Waals surface area contributed by atoms with Crippen molar-refractivity contribution >= 4 is 33.6 Å². The number of amides is 1. The molecule has 0 bridgehead atoms. The quantitative estimate of drug-likeness (QED) is 0.684. The fourth-order valence-corrected chi connectivity index (χ4v) is 1.86. The molecule has 0 saturated carbocycles. The number of nitrogens with zero attached hydrogens (tertiary/aromatic N) is 1. The molecule has 0 aromatic heterocycles. The third kappa shape index (κ3) is 3.81. The molecule has 4 heteroatoms. The SMILES string of the molecule is N#C/C(=C/c1ccccc1)C(=O)Nc1ccc(Br)cc1. The molecule has 20 heavy (non-hydrogen) atoms. The normalized spacial score (nSPS) is 10.7. The van der Waals surface area contributed by atoms with E-state index in [0.29, 0.717) is 5.69 Å². The lowest BCUT2D eigenvalue weighted by atomic mass is 10.1. The van der Waals surface area contributed by atoms with Gasteiger partial charge in [-0.05, 0) is 35.9 Å². The van der Waals surface area contributed by atoms with E-state index in [2.05, 4.69) is 21.2 Å². The van der Waals surface area contributed by atoms with E-state index < -0.39 is 5.91 Å². The molecule has 0 heterocycles. The fraction of sp³-hybridized carbons (Fsp3) is 0. The third-order valence-electron chi connectivity index (χ3n) is 2.58. The summed E-state index contributed by atoms with van der Waals surface area (Å²) in [6.07, 6.45) is 1.56. The molecule has 3 nitrogen and oxygen atoms in total. The van der Waals surface area contributed by atoms with E-state index in [1.54, 1.807) is 18.2 Å². The Balaban J connectivity index is 2.16. The molecule has 2 aromatic carbocycles. The molecule has 1 N–H and O–H groups in total. The first-order valence-electron chi connectivity index (χ1n) is 5.93. The van der Waals surface area contributed by atoms with Crippen molar-refractivity contribution in [2.45, 2.75) is 0 Å². The Kier molecular flexibility index (Phi) is 4.70. The van der Waals surface area contributed by atoms with Gasteiger partial charge in [-0.2, -0.15) is 5.26 Å². The van der Waals surface area contributed by atoms with Gasteiger partial charge < -0.3 is 5.32 Å². The molecule has 98 valence electrons. The number of benzene rings is 2. The van der Waals surface area contributed by atoms with Crippen molar-refractivity contribution in [2.24, 2.45) is 0 Å². The Morgan fingerprint density at radius 2 is 1.75 bits per heavy atom. The molecule has 1 amide bonds. The summed E-state index contributed by atoms with van der Waals surface area (Å²) >= 11 is 3.32. The van der Waals surface area contributed by atoms with Crippen LogP contribution in [0, 0.1) is 11.3 Å². The van der Waals surface area contributed by atoms with Gasteiger partial charge >= 0.3 is 0 Å². The van der Waals surface area contributed by atoms with E-state index in [4.69, 9.17) is 5.26 Å². The van der Waals surface area contributed by atoms with Crippen LogP contribution in [0.3, 0.4) is 0 Å². The second kappa shape index (κ2) is 6.69. The molecule has 2 aromatic rings. The lowest BCUT2D eigenvalue weighted by Gasteiger charge is -2.04. The highest BCUT2D eigenvalue weighted by Gasteiger charge is 2.09. The maximum atomic E-state index is 12.0. The smallest absolute Gasteiger partial charge is 0.266 e. The van der Waals surface area contributed by atoms with E-state index in [9.17, 15) is 4.79 Å². The topological polar surface area (TPSA) is 52.9 Å². The van der Waals surface area contributed by atoms with Gasteiger partial charge in [-0.1, -0.05) is 46.3 Å². The molecule has 0 unspecified atom stereocenters. The van der Waals surface area contributed by atoms with Crippen LogP contribution in [0.4, 0.5) is 5.69 Å². The van der Waals surface area contributed by atoms with Crippen LogP contribution in [0.2, 0.25) is 0 Å².